The quantitative estimate of drug-likeness (QED) is 0.757. The molecule has 3 rings (SSSR count). The van der Waals surface area contributed by atoms with E-state index in [0.717, 1.165) is 42.7 Å². The van der Waals surface area contributed by atoms with Crippen molar-refractivity contribution in [3.8, 4) is 0 Å². The van der Waals surface area contributed by atoms with Crippen LogP contribution in [-0.4, -0.2) is 23.1 Å². The summed E-state index contributed by atoms with van der Waals surface area (Å²) in [5, 5.41) is 0.620. The van der Waals surface area contributed by atoms with Gasteiger partial charge in [-0.2, -0.15) is 0 Å². The summed E-state index contributed by atoms with van der Waals surface area (Å²) < 4.78 is 0. The molecule has 0 amide bonds. The van der Waals surface area contributed by atoms with E-state index in [9.17, 15) is 0 Å². The van der Waals surface area contributed by atoms with Crippen molar-refractivity contribution in [3.63, 3.8) is 0 Å². The van der Waals surface area contributed by atoms with Crippen molar-refractivity contribution in [1.82, 2.24) is 9.97 Å². The molecule has 1 aromatic rings. The fraction of sp³-hybridized carbons (Fsp3) is 0.692. The smallest absolute Gasteiger partial charge is 0.137 e. The van der Waals surface area contributed by atoms with Crippen LogP contribution in [0, 0.1) is 11.8 Å². The van der Waals surface area contributed by atoms with Gasteiger partial charge in [0.25, 0.3) is 0 Å². The molecule has 2 fully saturated rings. The lowest BCUT2D eigenvalue weighted by molar-refractivity contribution is 0.494. The summed E-state index contributed by atoms with van der Waals surface area (Å²) in [6, 6.07) is 0. The van der Waals surface area contributed by atoms with Gasteiger partial charge in [0.2, 0.25) is 0 Å². The Morgan fingerprint density at radius 2 is 2.00 bits per heavy atom. The van der Waals surface area contributed by atoms with Gasteiger partial charge in [-0.25, -0.2) is 9.97 Å². The lowest BCUT2D eigenvalue weighted by Gasteiger charge is -2.21. The minimum absolute atomic E-state index is 0.620. The predicted octanol–water partition coefficient (Wildman–Crippen LogP) is 2.93. The van der Waals surface area contributed by atoms with Gasteiger partial charge in [-0.05, 0) is 31.1 Å². The molecule has 1 aromatic heterocycles. The first-order chi connectivity index (χ1) is 8.29. The maximum absolute atomic E-state index is 6.15. The third-order valence-corrected chi connectivity index (χ3v) is 4.58. The Morgan fingerprint density at radius 3 is 2.65 bits per heavy atom. The number of aromatic nitrogens is 2. The van der Waals surface area contributed by atoms with Gasteiger partial charge in [0.1, 0.15) is 17.3 Å². The maximum atomic E-state index is 6.15. The van der Waals surface area contributed by atoms with Crippen molar-refractivity contribution in [2.24, 2.45) is 11.8 Å². The summed E-state index contributed by atoms with van der Waals surface area (Å²) in [6.45, 7) is 4.43. The summed E-state index contributed by atoms with van der Waals surface area (Å²) in [5.74, 6) is 2.84. The van der Waals surface area contributed by atoms with Crippen molar-refractivity contribution in [2.45, 2.75) is 32.6 Å². The molecule has 0 spiro atoms. The van der Waals surface area contributed by atoms with Crippen molar-refractivity contribution >= 4 is 17.4 Å². The van der Waals surface area contributed by atoms with Gasteiger partial charge in [0.15, 0.2) is 0 Å². The second kappa shape index (κ2) is 4.45. The predicted molar refractivity (Wildman–Crippen MR) is 69.5 cm³/mol. The molecule has 1 aliphatic heterocycles. The van der Waals surface area contributed by atoms with Gasteiger partial charge in [-0.3, -0.25) is 0 Å². The molecule has 0 aromatic carbocycles. The molecule has 0 N–H and O–H groups in total. The van der Waals surface area contributed by atoms with Crippen LogP contribution in [0.3, 0.4) is 0 Å². The number of fused-ring (bicyclic) bond motifs is 1. The number of rotatable bonds is 2. The van der Waals surface area contributed by atoms with Gasteiger partial charge >= 0.3 is 0 Å². The second-order valence-electron chi connectivity index (χ2n) is 5.18. The van der Waals surface area contributed by atoms with Gasteiger partial charge in [0.05, 0.1) is 0 Å². The molecule has 2 atom stereocenters. The van der Waals surface area contributed by atoms with Crippen LogP contribution in [0.15, 0.2) is 6.33 Å². The average Bonchev–Trinajstić information content (AvgIpc) is 2.88. The van der Waals surface area contributed by atoms with Crippen LogP contribution in [-0.2, 0) is 6.42 Å². The first-order valence-corrected chi connectivity index (χ1v) is 6.91. The normalized spacial score (nSPS) is 27.5. The molecule has 1 saturated carbocycles. The average molecular weight is 252 g/mol. The second-order valence-corrected chi connectivity index (χ2v) is 5.53. The lowest BCUT2D eigenvalue weighted by Crippen LogP contribution is -2.23. The van der Waals surface area contributed by atoms with Crippen molar-refractivity contribution in [2.75, 3.05) is 18.0 Å². The highest BCUT2D eigenvalue weighted by Crippen LogP contribution is 2.40. The molecule has 2 unspecified atom stereocenters. The highest BCUT2D eigenvalue weighted by Gasteiger charge is 2.37. The largest absolute Gasteiger partial charge is 0.356 e. The standard InChI is InChI=1S/C13H18ClN3/c1-2-11-12(14)15-8-16-13(11)17-6-9-4-3-5-10(9)7-17/h8-10H,2-7H2,1H3. The summed E-state index contributed by atoms with van der Waals surface area (Å²) in [5.41, 5.74) is 1.11. The molecule has 1 aliphatic carbocycles. The summed E-state index contributed by atoms with van der Waals surface area (Å²) in [4.78, 5) is 10.9. The zero-order valence-corrected chi connectivity index (χ0v) is 11.0. The van der Waals surface area contributed by atoms with E-state index in [2.05, 4.69) is 21.8 Å². The summed E-state index contributed by atoms with van der Waals surface area (Å²) in [6.07, 6.45) is 6.68. The number of hydrogen-bond acceptors (Lipinski definition) is 3. The van der Waals surface area contributed by atoms with Crippen LogP contribution in [0.5, 0.6) is 0 Å². The van der Waals surface area contributed by atoms with Gasteiger partial charge in [-0.1, -0.05) is 24.9 Å². The van der Waals surface area contributed by atoms with Crippen LogP contribution in [0.1, 0.15) is 31.7 Å². The number of hydrogen-bond donors (Lipinski definition) is 0. The van der Waals surface area contributed by atoms with E-state index < -0.39 is 0 Å². The molecular weight excluding hydrogens is 234 g/mol. The van der Waals surface area contributed by atoms with E-state index in [1.807, 2.05) is 0 Å². The molecule has 2 aliphatic rings. The third-order valence-electron chi connectivity index (χ3n) is 4.25. The Hall–Kier alpha value is -0.830. The molecule has 92 valence electrons. The number of anilines is 1. The monoisotopic (exact) mass is 251 g/mol. The van der Waals surface area contributed by atoms with Crippen LogP contribution in [0.4, 0.5) is 5.82 Å². The van der Waals surface area contributed by atoms with Crippen LogP contribution >= 0.6 is 11.6 Å². The lowest BCUT2D eigenvalue weighted by atomic mass is 10.0. The molecule has 0 radical (unpaired) electrons. The topological polar surface area (TPSA) is 29.0 Å². The van der Waals surface area contributed by atoms with Gasteiger partial charge in [-0.15, -0.1) is 0 Å². The zero-order valence-electron chi connectivity index (χ0n) is 10.2. The molecule has 17 heavy (non-hydrogen) atoms. The van der Waals surface area contributed by atoms with Gasteiger partial charge in [0, 0.05) is 18.7 Å². The Bertz CT molecular complexity index is 409. The maximum Gasteiger partial charge on any atom is 0.137 e. The number of nitrogens with zero attached hydrogens (tertiary/aromatic N) is 3. The molecule has 0 bridgehead atoms. The SMILES string of the molecule is CCc1c(Cl)ncnc1N1CC2CCCC2C1. The fourth-order valence-corrected chi connectivity index (χ4v) is 3.63. The third kappa shape index (κ3) is 1.90. The first kappa shape index (κ1) is 11.3. The van der Waals surface area contributed by atoms with Crippen molar-refractivity contribution in [3.05, 3.63) is 17.0 Å². The molecular formula is C13H18ClN3. The van der Waals surface area contributed by atoms with E-state index in [4.69, 9.17) is 11.6 Å². The first-order valence-electron chi connectivity index (χ1n) is 6.54. The fourth-order valence-electron chi connectivity index (χ4n) is 3.37. The van der Waals surface area contributed by atoms with E-state index in [0.29, 0.717) is 5.15 Å². The minimum Gasteiger partial charge on any atom is -0.356 e. The Morgan fingerprint density at radius 1 is 1.29 bits per heavy atom. The van der Waals surface area contributed by atoms with Crippen LogP contribution < -0.4 is 4.90 Å². The highest BCUT2D eigenvalue weighted by molar-refractivity contribution is 6.30. The van der Waals surface area contributed by atoms with Crippen LogP contribution in [0.2, 0.25) is 5.15 Å². The Balaban J connectivity index is 1.88. The Kier molecular flexibility index (Phi) is 2.95. The highest BCUT2D eigenvalue weighted by atomic mass is 35.5. The zero-order chi connectivity index (χ0) is 11.8. The molecule has 4 heteroatoms. The van der Waals surface area contributed by atoms with E-state index in [-0.39, 0.29) is 0 Å². The van der Waals surface area contributed by atoms with Crippen molar-refractivity contribution < 1.29 is 0 Å². The van der Waals surface area contributed by atoms with Gasteiger partial charge < -0.3 is 4.90 Å². The Labute approximate surface area is 107 Å². The summed E-state index contributed by atoms with van der Waals surface area (Å²) >= 11 is 6.15. The van der Waals surface area contributed by atoms with E-state index in [1.165, 1.54) is 19.3 Å². The van der Waals surface area contributed by atoms with E-state index in [1.54, 1.807) is 6.33 Å². The molecule has 1 saturated heterocycles. The number of halogens is 1. The van der Waals surface area contributed by atoms with Crippen molar-refractivity contribution in [1.29, 1.82) is 0 Å². The summed E-state index contributed by atoms with van der Waals surface area (Å²) in [7, 11) is 0. The molecule has 2 heterocycles. The minimum atomic E-state index is 0.620. The van der Waals surface area contributed by atoms with E-state index >= 15 is 0 Å². The van der Waals surface area contributed by atoms with Crippen LogP contribution in [0.25, 0.3) is 0 Å². The molecule has 3 nitrogen and oxygen atoms in total.